The largest absolute Gasteiger partial charge is 0.355 e. The summed E-state index contributed by atoms with van der Waals surface area (Å²) < 4.78 is 0. The van der Waals surface area contributed by atoms with Gasteiger partial charge in [0.25, 0.3) is 0 Å². The van der Waals surface area contributed by atoms with E-state index in [9.17, 15) is 9.59 Å². The average molecular weight is 426 g/mol. The highest BCUT2D eigenvalue weighted by Gasteiger charge is 2.52. The van der Waals surface area contributed by atoms with Crippen LogP contribution in [0.1, 0.15) is 32.6 Å². The van der Waals surface area contributed by atoms with E-state index in [0.29, 0.717) is 18.9 Å². The summed E-state index contributed by atoms with van der Waals surface area (Å²) in [5.74, 6) is 0.638. The lowest BCUT2D eigenvalue weighted by Crippen LogP contribution is -2.68. The van der Waals surface area contributed by atoms with Gasteiger partial charge in [-0.2, -0.15) is 0 Å². The van der Waals surface area contributed by atoms with Crippen LogP contribution >= 0.6 is 11.3 Å². The number of hydrogen-bond donors (Lipinski definition) is 1. The summed E-state index contributed by atoms with van der Waals surface area (Å²) in [5, 5.41) is 13.7. The Morgan fingerprint density at radius 1 is 1.20 bits per heavy atom. The molecule has 3 aliphatic heterocycles. The van der Waals surface area contributed by atoms with Crippen LogP contribution in [-0.2, 0) is 9.59 Å². The van der Waals surface area contributed by atoms with Gasteiger partial charge in [-0.3, -0.25) is 9.59 Å². The lowest BCUT2D eigenvalue weighted by atomic mass is 9.72. The summed E-state index contributed by atoms with van der Waals surface area (Å²) in [4.78, 5) is 30.0. The number of anilines is 1. The Balaban J connectivity index is 1.43. The highest BCUT2D eigenvalue weighted by atomic mass is 32.1. The van der Waals surface area contributed by atoms with Crippen LogP contribution < -0.4 is 10.2 Å². The molecule has 158 valence electrons. The number of carbonyl (C=O) groups excluding carboxylic acids is 2. The molecular weight excluding hydrogens is 398 g/mol. The van der Waals surface area contributed by atoms with E-state index in [0.717, 1.165) is 48.1 Å². The first-order valence-corrected chi connectivity index (χ1v) is 11.7. The number of nitrogens with zero attached hydrogens (tertiary/aromatic N) is 4. The zero-order valence-corrected chi connectivity index (χ0v) is 18.0. The van der Waals surface area contributed by atoms with E-state index in [2.05, 4.69) is 20.4 Å². The van der Waals surface area contributed by atoms with E-state index in [-0.39, 0.29) is 29.8 Å². The highest BCUT2D eigenvalue weighted by molar-refractivity contribution is 7.18. The predicted molar refractivity (Wildman–Crippen MR) is 116 cm³/mol. The first kappa shape index (κ1) is 19.5. The van der Waals surface area contributed by atoms with Crippen LogP contribution in [0.4, 0.5) is 5.13 Å². The lowest BCUT2D eigenvalue weighted by molar-refractivity contribution is -0.156. The third-order valence-electron chi connectivity index (χ3n) is 6.67. The molecular formula is C22H27N5O2S. The molecule has 8 heteroatoms. The Kier molecular flexibility index (Phi) is 5.18. The van der Waals surface area contributed by atoms with Crippen molar-refractivity contribution in [3.05, 3.63) is 30.3 Å². The summed E-state index contributed by atoms with van der Waals surface area (Å²) in [7, 11) is 0. The van der Waals surface area contributed by atoms with Crippen LogP contribution in [0.15, 0.2) is 30.3 Å². The Morgan fingerprint density at radius 3 is 2.80 bits per heavy atom. The maximum Gasteiger partial charge on any atom is 0.243 e. The molecule has 30 heavy (non-hydrogen) atoms. The normalized spacial score (nSPS) is 28.2. The number of piperidine rings is 3. The van der Waals surface area contributed by atoms with E-state index in [1.807, 2.05) is 42.2 Å². The van der Waals surface area contributed by atoms with Gasteiger partial charge < -0.3 is 15.1 Å². The molecule has 3 fully saturated rings. The van der Waals surface area contributed by atoms with E-state index < -0.39 is 0 Å². The quantitative estimate of drug-likeness (QED) is 0.815. The van der Waals surface area contributed by atoms with Gasteiger partial charge in [-0.25, -0.2) is 0 Å². The summed E-state index contributed by atoms with van der Waals surface area (Å²) in [6.07, 6.45) is 3.46. The van der Waals surface area contributed by atoms with Crippen molar-refractivity contribution < 1.29 is 9.59 Å². The standard InChI is InChI=1S/C22H27N5O2S/c1-2-23-20(29)19-16-11-15(17-9-6-10-18(28)27(17)19)12-26(13-16)22-25-24-21(30-22)14-7-4-3-5-8-14/h3-5,7-8,15-17,19H,2,6,9-13H2,1H3,(H,23,29)/t15-,16+,17+,19-/m1/s1. The maximum atomic E-state index is 13.0. The molecule has 0 radical (unpaired) electrons. The van der Waals surface area contributed by atoms with Crippen molar-refractivity contribution >= 4 is 28.3 Å². The minimum Gasteiger partial charge on any atom is -0.355 e. The number of likely N-dealkylation sites (N-methyl/N-ethyl adjacent to an activating group) is 1. The Labute approximate surface area is 180 Å². The van der Waals surface area contributed by atoms with E-state index in [1.165, 1.54) is 0 Å². The fourth-order valence-corrected chi connectivity index (χ4v) is 6.34. The van der Waals surface area contributed by atoms with Crippen molar-refractivity contribution in [2.45, 2.75) is 44.7 Å². The Morgan fingerprint density at radius 2 is 2.00 bits per heavy atom. The molecule has 0 aliphatic carbocycles. The molecule has 1 aromatic heterocycles. The number of hydrogen-bond acceptors (Lipinski definition) is 6. The van der Waals surface area contributed by atoms with Gasteiger partial charge >= 0.3 is 0 Å². The summed E-state index contributed by atoms with van der Waals surface area (Å²) in [6.45, 7) is 4.12. The molecule has 2 amide bonds. The minimum atomic E-state index is -0.372. The minimum absolute atomic E-state index is 0.00899. The zero-order chi connectivity index (χ0) is 20.7. The molecule has 5 rings (SSSR count). The van der Waals surface area contributed by atoms with Crippen LogP contribution in [0.3, 0.4) is 0 Å². The third kappa shape index (κ3) is 3.37. The molecule has 1 aromatic carbocycles. The maximum absolute atomic E-state index is 13.0. The van der Waals surface area contributed by atoms with Gasteiger partial charge in [-0.15, -0.1) is 10.2 Å². The van der Waals surface area contributed by atoms with Crippen molar-refractivity contribution in [3.8, 4) is 10.6 Å². The fraction of sp³-hybridized carbons (Fsp3) is 0.545. The summed E-state index contributed by atoms with van der Waals surface area (Å²) in [6, 6.07) is 9.89. The van der Waals surface area contributed by atoms with Gasteiger partial charge in [0.05, 0.1) is 0 Å². The van der Waals surface area contributed by atoms with Gasteiger partial charge in [0, 0.05) is 43.6 Å². The van der Waals surface area contributed by atoms with Crippen molar-refractivity contribution in [1.29, 1.82) is 0 Å². The predicted octanol–water partition coefficient (Wildman–Crippen LogP) is 2.55. The second kappa shape index (κ2) is 7.98. The topological polar surface area (TPSA) is 78.4 Å². The SMILES string of the molecule is CCNC(=O)[C@H]1[C@H]2C[C@H](CN(c3nnc(-c4ccccc4)s3)C2)[C@@H]2CCCC(=O)N21. The molecule has 1 N–H and O–H groups in total. The second-order valence-corrected chi connectivity index (χ2v) is 9.47. The number of nitrogens with one attached hydrogen (secondary N) is 1. The zero-order valence-electron chi connectivity index (χ0n) is 17.2. The number of carbonyl (C=O) groups is 2. The number of amides is 2. The Bertz CT molecular complexity index is 933. The van der Waals surface area contributed by atoms with Crippen molar-refractivity contribution in [1.82, 2.24) is 20.4 Å². The molecule has 7 nitrogen and oxygen atoms in total. The summed E-state index contributed by atoms with van der Waals surface area (Å²) in [5.41, 5.74) is 1.07. The third-order valence-corrected chi connectivity index (χ3v) is 7.70. The molecule has 4 atom stereocenters. The molecule has 2 aromatic rings. The van der Waals surface area contributed by atoms with Crippen molar-refractivity contribution in [2.24, 2.45) is 11.8 Å². The first-order chi connectivity index (χ1) is 14.7. The van der Waals surface area contributed by atoms with Crippen LogP contribution in [0.25, 0.3) is 10.6 Å². The van der Waals surface area contributed by atoms with Crippen molar-refractivity contribution in [3.63, 3.8) is 0 Å². The van der Waals surface area contributed by atoms with Crippen molar-refractivity contribution in [2.75, 3.05) is 24.5 Å². The van der Waals surface area contributed by atoms with Crippen LogP contribution in [-0.4, -0.2) is 58.6 Å². The molecule has 0 spiro atoms. The highest BCUT2D eigenvalue weighted by Crippen LogP contribution is 2.43. The lowest BCUT2D eigenvalue weighted by Gasteiger charge is -2.55. The van der Waals surface area contributed by atoms with Crippen LogP contribution in [0.2, 0.25) is 0 Å². The number of aromatic nitrogens is 2. The Hall–Kier alpha value is -2.48. The fourth-order valence-electron chi connectivity index (χ4n) is 5.47. The monoisotopic (exact) mass is 425 g/mol. The smallest absolute Gasteiger partial charge is 0.243 e. The van der Waals surface area contributed by atoms with Gasteiger partial charge in [0.15, 0.2) is 0 Å². The van der Waals surface area contributed by atoms with Gasteiger partial charge in [0.2, 0.25) is 16.9 Å². The summed E-state index contributed by atoms with van der Waals surface area (Å²) >= 11 is 1.60. The van der Waals surface area contributed by atoms with Crippen LogP contribution in [0.5, 0.6) is 0 Å². The van der Waals surface area contributed by atoms with Gasteiger partial charge in [-0.05, 0) is 32.1 Å². The number of benzene rings is 1. The first-order valence-electron chi connectivity index (χ1n) is 10.9. The average Bonchev–Trinajstić information content (AvgIpc) is 3.26. The molecule has 0 unspecified atom stereocenters. The van der Waals surface area contributed by atoms with Gasteiger partial charge in [-0.1, -0.05) is 41.7 Å². The van der Waals surface area contributed by atoms with Crippen LogP contribution in [0, 0.1) is 11.8 Å². The number of rotatable bonds is 4. The molecule has 3 saturated heterocycles. The molecule has 2 bridgehead atoms. The van der Waals surface area contributed by atoms with E-state index in [1.54, 1.807) is 11.3 Å². The molecule has 0 saturated carbocycles. The van der Waals surface area contributed by atoms with E-state index in [4.69, 9.17) is 0 Å². The second-order valence-electron chi connectivity index (χ2n) is 8.52. The van der Waals surface area contributed by atoms with E-state index >= 15 is 0 Å². The van der Waals surface area contributed by atoms with Gasteiger partial charge in [0.1, 0.15) is 11.0 Å². The molecule has 3 aliphatic rings. The molecule has 4 heterocycles. The number of fused-ring (bicyclic) bond motifs is 4.